The Balaban J connectivity index is 1.99. The summed E-state index contributed by atoms with van der Waals surface area (Å²) in [6, 6.07) is 10.3. The Morgan fingerprint density at radius 3 is 2.47 bits per heavy atom. The van der Waals surface area contributed by atoms with Gasteiger partial charge in [-0.1, -0.05) is 44.2 Å². The lowest BCUT2D eigenvalue weighted by Crippen LogP contribution is -2.11. The van der Waals surface area contributed by atoms with Crippen molar-refractivity contribution in [2.45, 2.75) is 37.0 Å². The van der Waals surface area contributed by atoms with Crippen LogP contribution in [0.3, 0.4) is 0 Å². The predicted molar refractivity (Wildman–Crippen MR) is 71.0 cm³/mol. The Hall–Kier alpha value is -1.29. The molecule has 0 aliphatic carbocycles. The predicted octanol–water partition coefficient (Wildman–Crippen LogP) is 3.33. The van der Waals surface area contributed by atoms with E-state index in [-0.39, 0.29) is 5.41 Å². The van der Waals surface area contributed by atoms with Gasteiger partial charge in [0.25, 0.3) is 0 Å². The molecule has 0 saturated carbocycles. The Labute approximate surface area is 106 Å². The van der Waals surface area contributed by atoms with Crippen molar-refractivity contribution in [3.8, 4) is 0 Å². The highest BCUT2D eigenvalue weighted by atomic mass is 32.2. The van der Waals surface area contributed by atoms with Crippen molar-refractivity contribution < 1.29 is 0 Å². The second-order valence-corrected chi connectivity index (χ2v) is 6.00. The summed E-state index contributed by atoms with van der Waals surface area (Å²) in [6.45, 7) is 6.43. The fourth-order valence-electron chi connectivity index (χ4n) is 1.36. The first kappa shape index (κ1) is 12.2. The summed E-state index contributed by atoms with van der Waals surface area (Å²) in [7, 11) is 0. The Morgan fingerprint density at radius 1 is 1.18 bits per heavy atom. The molecule has 0 aliphatic heterocycles. The minimum Gasteiger partial charge on any atom is -0.242 e. The Kier molecular flexibility index (Phi) is 3.52. The Morgan fingerprint density at radius 2 is 1.88 bits per heavy atom. The van der Waals surface area contributed by atoms with Gasteiger partial charge >= 0.3 is 0 Å². The van der Waals surface area contributed by atoms with Crippen LogP contribution >= 0.6 is 11.8 Å². The molecule has 2 rings (SSSR count). The SMILES string of the molecule is CC(C)(C)c1cn(CSc2ccccc2)nn1. The van der Waals surface area contributed by atoms with Gasteiger partial charge in [0.05, 0.1) is 11.6 Å². The second-order valence-electron chi connectivity index (χ2n) is 4.98. The molecule has 1 aromatic heterocycles. The number of aromatic nitrogens is 3. The third kappa shape index (κ3) is 3.33. The fraction of sp³-hybridized carbons (Fsp3) is 0.385. The lowest BCUT2D eigenvalue weighted by Gasteiger charge is -2.12. The van der Waals surface area contributed by atoms with Gasteiger partial charge in [0, 0.05) is 16.5 Å². The normalized spacial score (nSPS) is 11.7. The molecule has 0 atom stereocenters. The summed E-state index contributed by atoms with van der Waals surface area (Å²) in [5, 5.41) is 8.34. The van der Waals surface area contributed by atoms with Crippen molar-refractivity contribution in [2.24, 2.45) is 0 Å². The van der Waals surface area contributed by atoms with Crippen LogP contribution in [-0.2, 0) is 11.3 Å². The highest BCUT2D eigenvalue weighted by molar-refractivity contribution is 7.98. The molecular weight excluding hydrogens is 230 g/mol. The zero-order valence-electron chi connectivity index (χ0n) is 10.4. The minimum atomic E-state index is 0.0651. The molecule has 2 aromatic rings. The van der Waals surface area contributed by atoms with Crippen molar-refractivity contribution in [3.63, 3.8) is 0 Å². The van der Waals surface area contributed by atoms with Crippen LogP contribution in [0.4, 0.5) is 0 Å². The van der Waals surface area contributed by atoms with Gasteiger partial charge < -0.3 is 0 Å². The summed E-state index contributed by atoms with van der Waals surface area (Å²) in [5.41, 5.74) is 1.10. The maximum Gasteiger partial charge on any atom is 0.0927 e. The average Bonchev–Trinajstić information content (AvgIpc) is 2.76. The van der Waals surface area contributed by atoms with Gasteiger partial charge in [-0.15, -0.1) is 16.9 Å². The van der Waals surface area contributed by atoms with Crippen molar-refractivity contribution in [1.82, 2.24) is 15.0 Å². The summed E-state index contributed by atoms with van der Waals surface area (Å²) in [5.74, 6) is 0.799. The first-order chi connectivity index (χ1) is 8.05. The number of rotatable bonds is 3. The van der Waals surface area contributed by atoms with Gasteiger partial charge in [0.1, 0.15) is 0 Å². The highest BCUT2D eigenvalue weighted by Gasteiger charge is 2.17. The number of thioether (sulfide) groups is 1. The van der Waals surface area contributed by atoms with Gasteiger partial charge in [-0.25, -0.2) is 4.68 Å². The smallest absolute Gasteiger partial charge is 0.0927 e. The van der Waals surface area contributed by atoms with E-state index in [1.54, 1.807) is 11.8 Å². The van der Waals surface area contributed by atoms with Crippen LogP contribution in [0, 0.1) is 0 Å². The topological polar surface area (TPSA) is 30.7 Å². The molecule has 0 spiro atoms. The van der Waals surface area contributed by atoms with Crippen LogP contribution in [0.25, 0.3) is 0 Å². The van der Waals surface area contributed by atoms with Gasteiger partial charge in [-0.3, -0.25) is 0 Å². The summed E-state index contributed by atoms with van der Waals surface area (Å²) >= 11 is 1.76. The maximum absolute atomic E-state index is 4.20. The molecule has 0 fully saturated rings. The van der Waals surface area contributed by atoms with Crippen LogP contribution in [-0.4, -0.2) is 15.0 Å². The zero-order valence-corrected chi connectivity index (χ0v) is 11.2. The molecule has 0 N–H and O–H groups in total. The number of nitrogens with zero attached hydrogens (tertiary/aromatic N) is 3. The average molecular weight is 247 g/mol. The standard InChI is InChI=1S/C13H17N3S/c1-13(2,3)12-9-16(15-14-12)10-17-11-7-5-4-6-8-11/h4-9H,10H2,1-3H3. The first-order valence-corrected chi connectivity index (χ1v) is 6.63. The van der Waals surface area contributed by atoms with Crippen molar-refractivity contribution in [1.29, 1.82) is 0 Å². The van der Waals surface area contributed by atoms with Gasteiger partial charge in [-0.05, 0) is 12.1 Å². The minimum absolute atomic E-state index is 0.0651. The summed E-state index contributed by atoms with van der Waals surface area (Å²) in [6.07, 6.45) is 2.02. The van der Waals surface area contributed by atoms with E-state index in [1.165, 1.54) is 4.90 Å². The lowest BCUT2D eigenvalue weighted by atomic mass is 9.93. The lowest BCUT2D eigenvalue weighted by molar-refractivity contribution is 0.566. The number of hydrogen-bond donors (Lipinski definition) is 0. The molecule has 0 bridgehead atoms. The van der Waals surface area contributed by atoms with E-state index >= 15 is 0 Å². The fourth-order valence-corrected chi connectivity index (χ4v) is 2.12. The van der Waals surface area contributed by atoms with Crippen molar-refractivity contribution >= 4 is 11.8 Å². The Bertz CT molecular complexity index is 471. The van der Waals surface area contributed by atoms with E-state index in [9.17, 15) is 0 Å². The molecule has 17 heavy (non-hydrogen) atoms. The van der Waals surface area contributed by atoms with Gasteiger partial charge in [-0.2, -0.15) is 0 Å². The van der Waals surface area contributed by atoms with Crippen LogP contribution in [0.2, 0.25) is 0 Å². The van der Waals surface area contributed by atoms with E-state index in [2.05, 4.69) is 43.2 Å². The molecule has 0 aliphatic rings. The summed E-state index contributed by atoms with van der Waals surface area (Å²) < 4.78 is 1.89. The third-order valence-electron chi connectivity index (χ3n) is 2.41. The molecule has 3 nitrogen and oxygen atoms in total. The van der Waals surface area contributed by atoms with Crippen LogP contribution in [0.5, 0.6) is 0 Å². The van der Waals surface area contributed by atoms with E-state index in [1.807, 2.05) is 29.1 Å². The molecule has 90 valence electrons. The van der Waals surface area contributed by atoms with E-state index in [4.69, 9.17) is 0 Å². The van der Waals surface area contributed by atoms with Gasteiger partial charge in [0.15, 0.2) is 0 Å². The maximum atomic E-state index is 4.20. The molecule has 0 radical (unpaired) electrons. The molecular formula is C13H17N3S. The highest BCUT2D eigenvalue weighted by Crippen LogP contribution is 2.21. The molecule has 1 heterocycles. The summed E-state index contributed by atoms with van der Waals surface area (Å²) in [4.78, 5) is 1.25. The largest absolute Gasteiger partial charge is 0.242 e. The van der Waals surface area contributed by atoms with Crippen LogP contribution < -0.4 is 0 Å². The van der Waals surface area contributed by atoms with Crippen LogP contribution in [0.1, 0.15) is 26.5 Å². The van der Waals surface area contributed by atoms with Crippen molar-refractivity contribution in [2.75, 3.05) is 0 Å². The number of benzene rings is 1. The van der Waals surface area contributed by atoms with Crippen molar-refractivity contribution in [3.05, 3.63) is 42.2 Å². The molecule has 0 saturated heterocycles. The third-order valence-corrected chi connectivity index (χ3v) is 3.41. The molecule has 0 unspecified atom stereocenters. The van der Waals surface area contributed by atoms with Gasteiger partial charge in [0.2, 0.25) is 0 Å². The van der Waals surface area contributed by atoms with E-state index in [0.29, 0.717) is 0 Å². The van der Waals surface area contributed by atoms with Crippen LogP contribution in [0.15, 0.2) is 41.4 Å². The van der Waals surface area contributed by atoms with E-state index < -0.39 is 0 Å². The molecule has 0 amide bonds. The monoisotopic (exact) mass is 247 g/mol. The molecule has 4 heteroatoms. The van der Waals surface area contributed by atoms with E-state index in [0.717, 1.165) is 11.6 Å². The zero-order chi connectivity index (χ0) is 12.3. The first-order valence-electron chi connectivity index (χ1n) is 5.64. The number of hydrogen-bond acceptors (Lipinski definition) is 3. The second kappa shape index (κ2) is 4.92. The quantitative estimate of drug-likeness (QED) is 0.779. The molecule has 1 aromatic carbocycles.